The molecule has 1 aromatic carbocycles. The van der Waals surface area contributed by atoms with E-state index in [0.717, 1.165) is 11.5 Å². The number of hydrogen-bond acceptors (Lipinski definition) is 9. The number of nitrogens with zero attached hydrogens (tertiary/aromatic N) is 1. The van der Waals surface area contributed by atoms with Gasteiger partial charge in [0.15, 0.2) is 0 Å². The lowest BCUT2D eigenvalue weighted by Gasteiger charge is -2.43. The molecule has 2 rings (SSSR count). The first-order valence-electron chi connectivity index (χ1n) is 11.9. The maximum absolute atomic E-state index is 12.5. The van der Waals surface area contributed by atoms with E-state index < -0.39 is 5.97 Å². The van der Waals surface area contributed by atoms with Gasteiger partial charge in [-0.25, -0.2) is 0 Å². The van der Waals surface area contributed by atoms with Crippen LogP contribution in [0, 0.1) is 0 Å². The van der Waals surface area contributed by atoms with E-state index in [2.05, 4.69) is 50.1 Å². The summed E-state index contributed by atoms with van der Waals surface area (Å²) in [5.41, 5.74) is 1.28. The van der Waals surface area contributed by atoms with E-state index in [1.807, 2.05) is 50.4 Å². The van der Waals surface area contributed by atoms with Crippen LogP contribution in [-0.4, -0.2) is 83.7 Å². The lowest BCUT2D eigenvalue weighted by atomic mass is 10.2. The van der Waals surface area contributed by atoms with Crippen LogP contribution in [0.2, 0.25) is 0 Å². The fourth-order valence-electron chi connectivity index (χ4n) is 4.07. The number of benzene rings is 1. The van der Waals surface area contributed by atoms with E-state index in [0.29, 0.717) is 26.4 Å². The second-order valence-corrected chi connectivity index (χ2v) is 13.4. The molecule has 0 amide bonds. The number of carbonyl (C=O) groups is 1. The summed E-state index contributed by atoms with van der Waals surface area (Å²) in [5, 5.41) is -0.132. The van der Waals surface area contributed by atoms with Crippen molar-refractivity contribution in [2.45, 2.75) is 67.0 Å². The fraction of sp³-hybridized carbons (Fsp3) is 0.720. The van der Waals surface area contributed by atoms with Crippen LogP contribution in [0.5, 0.6) is 0 Å². The van der Waals surface area contributed by atoms with Crippen LogP contribution in [-0.2, 0) is 29.5 Å². The molecule has 0 saturated carbocycles. The molecule has 194 valence electrons. The molecule has 1 heterocycles. The number of methoxy groups -OCH3 is 1. The normalized spacial score (nSPS) is 21.1. The molecule has 6 nitrogen and oxygen atoms in total. The minimum absolute atomic E-state index is 0.0568. The molecule has 3 unspecified atom stereocenters. The van der Waals surface area contributed by atoms with E-state index >= 15 is 0 Å². The molecule has 1 aromatic rings. The lowest BCUT2D eigenvalue weighted by Crippen LogP contribution is -2.59. The van der Waals surface area contributed by atoms with Gasteiger partial charge < -0.3 is 18.9 Å². The average Bonchev–Trinajstić information content (AvgIpc) is 3.11. The van der Waals surface area contributed by atoms with Gasteiger partial charge in [0.05, 0.1) is 11.2 Å². The summed E-state index contributed by atoms with van der Waals surface area (Å²) in [6, 6.07) is 10.3. The van der Waals surface area contributed by atoms with Crippen LogP contribution < -0.4 is 0 Å². The van der Waals surface area contributed by atoms with E-state index in [1.165, 1.54) is 12.7 Å². The molecular formula is C25H41NO5S3. The van der Waals surface area contributed by atoms with E-state index in [4.69, 9.17) is 18.9 Å². The Bertz CT molecular complexity index is 720. The monoisotopic (exact) mass is 531 g/mol. The van der Waals surface area contributed by atoms with Crippen molar-refractivity contribution in [2.24, 2.45) is 0 Å². The van der Waals surface area contributed by atoms with Gasteiger partial charge >= 0.3 is 5.97 Å². The molecule has 1 aliphatic heterocycles. The molecule has 0 aromatic heterocycles. The van der Waals surface area contributed by atoms with Crippen molar-refractivity contribution in [2.75, 3.05) is 46.3 Å². The summed E-state index contributed by atoms with van der Waals surface area (Å²) in [6.45, 7) is 12.3. The highest BCUT2D eigenvalue weighted by Gasteiger charge is 2.49. The second kappa shape index (κ2) is 14.4. The quantitative estimate of drug-likeness (QED) is 0.227. The van der Waals surface area contributed by atoms with Gasteiger partial charge in [-0.1, -0.05) is 30.3 Å². The predicted molar refractivity (Wildman–Crippen MR) is 145 cm³/mol. The summed E-state index contributed by atoms with van der Waals surface area (Å²) < 4.78 is 23.7. The van der Waals surface area contributed by atoms with Crippen molar-refractivity contribution in [3.8, 4) is 0 Å². The molecule has 9 heteroatoms. The molecule has 0 N–H and O–H groups in total. The smallest absolute Gasteiger partial charge is 0.320 e. The highest BCUT2D eigenvalue weighted by atomic mass is 32.2. The second-order valence-electron chi connectivity index (χ2n) is 8.48. The lowest BCUT2D eigenvalue weighted by molar-refractivity contribution is -0.396. The number of thioether (sulfide) groups is 3. The van der Waals surface area contributed by atoms with E-state index in [-0.39, 0.29) is 26.6 Å². The van der Waals surface area contributed by atoms with Gasteiger partial charge in [-0.05, 0) is 47.2 Å². The Kier molecular flexibility index (Phi) is 12.6. The largest absolute Gasteiger partial charge is 0.468 e. The third kappa shape index (κ3) is 8.32. The molecule has 1 saturated heterocycles. The highest BCUT2D eigenvalue weighted by molar-refractivity contribution is 8.22. The van der Waals surface area contributed by atoms with Gasteiger partial charge in [-0.2, -0.15) is 11.8 Å². The first-order chi connectivity index (χ1) is 16.2. The maximum Gasteiger partial charge on any atom is 0.320 e. The summed E-state index contributed by atoms with van der Waals surface area (Å²) >= 11 is 5.34. The Labute approximate surface area is 218 Å². The number of rotatable bonds is 15. The van der Waals surface area contributed by atoms with Gasteiger partial charge in [-0.15, -0.1) is 23.5 Å². The number of likely N-dealkylation sites (N-methyl/N-ethyl adjacent to an activating group) is 1. The molecule has 0 radical (unpaired) electrons. The summed E-state index contributed by atoms with van der Waals surface area (Å²) in [6.07, 6.45) is 0. The molecule has 0 aliphatic carbocycles. The summed E-state index contributed by atoms with van der Waals surface area (Å²) in [4.78, 5) is 14.8. The molecule has 34 heavy (non-hydrogen) atoms. The zero-order valence-corrected chi connectivity index (χ0v) is 24.0. The molecular weight excluding hydrogens is 490 g/mol. The van der Waals surface area contributed by atoms with Gasteiger partial charge in [0.1, 0.15) is 11.3 Å². The number of esters is 1. The maximum atomic E-state index is 12.5. The zero-order valence-electron chi connectivity index (χ0n) is 21.6. The molecule has 0 spiro atoms. The van der Waals surface area contributed by atoms with Crippen LogP contribution >= 0.6 is 35.3 Å². The first-order valence-corrected chi connectivity index (χ1v) is 14.8. The highest BCUT2D eigenvalue weighted by Crippen LogP contribution is 2.52. The van der Waals surface area contributed by atoms with Crippen LogP contribution in [0.3, 0.4) is 0 Å². The zero-order chi connectivity index (χ0) is 25.2. The van der Waals surface area contributed by atoms with E-state index in [9.17, 15) is 4.79 Å². The summed E-state index contributed by atoms with van der Waals surface area (Å²) in [5.74, 6) is 0.297. The summed E-state index contributed by atoms with van der Waals surface area (Å²) in [7, 11) is 3.54. The van der Waals surface area contributed by atoms with Crippen molar-refractivity contribution in [1.29, 1.82) is 0 Å². The Hall–Kier alpha value is -0.420. The molecule has 3 atom stereocenters. The third-order valence-corrected chi connectivity index (χ3v) is 9.92. The SMILES string of the molecule is CCOC(OCC)(OCC)C(CSCc1ccccc1)N(C)CC1SC(C)(C)SC1C(=O)OC. The molecule has 0 bridgehead atoms. The van der Waals surface area contributed by atoms with Gasteiger partial charge in [-0.3, -0.25) is 9.69 Å². The van der Waals surface area contributed by atoms with Gasteiger partial charge in [0, 0.05) is 43.1 Å². The van der Waals surface area contributed by atoms with E-state index in [1.54, 1.807) is 11.8 Å². The van der Waals surface area contributed by atoms with Crippen LogP contribution in [0.1, 0.15) is 40.2 Å². The first kappa shape index (κ1) is 29.8. The number of hydrogen-bond donors (Lipinski definition) is 0. The van der Waals surface area contributed by atoms with Crippen molar-refractivity contribution in [3.05, 3.63) is 35.9 Å². The predicted octanol–water partition coefficient (Wildman–Crippen LogP) is 5.11. The van der Waals surface area contributed by atoms with Crippen LogP contribution in [0.25, 0.3) is 0 Å². The topological polar surface area (TPSA) is 57.2 Å². The number of carbonyl (C=O) groups excluding carboxylic acids is 1. The minimum Gasteiger partial charge on any atom is -0.468 e. The van der Waals surface area contributed by atoms with Crippen molar-refractivity contribution < 1.29 is 23.7 Å². The standard InChI is InChI=1S/C25H41NO5S3/c1-8-29-25(30-9-2,31-10-3)21(18-32-17-19-14-12-11-13-15-19)26(6)16-20-22(23(27)28-7)34-24(4,5)33-20/h11-15,20-22H,8-10,16-18H2,1-7H3. The van der Waals surface area contributed by atoms with Crippen LogP contribution in [0.4, 0.5) is 0 Å². The minimum atomic E-state index is -1.18. The molecule has 1 fully saturated rings. The van der Waals surface area contributed by atoms with Gasteiger partial charge in [0.25, 0.3) is 5.97 Å². The third-order valence-electron chi connectivity index (χ3n) is 5.45. The molecule has 1 aliphatic rings. The number of ether oxygens (including phenoxy) is 4. The Morgan fingerprint density at radius 2 is 1.68 bits per heavy atom. The van der Waals surface area contributed by atoms with Crippen molar-refractivity contribution in [1.82, 2.24) is 4.90 Å². The Balaban J connectivity index is 2.27. The van der Waals surface area contributed by atoms with Crippen molar-refractivity contribution >= 4 is 41.3 Å². The Morgan fingerprint density at radius 1 is 1.09 bits per heavy atom. The fourth-order valence-corrected chi connectivity index (χ4v) is 8.86. The van der Waals surface area contributed by atoms with Crippen molar-refractivity contribution in [3.63, 3.8) is 0 Å². The van der Waals surface area contributed by atoms with Crippen LogP contribution in [0.15, 0.2) is 30.3 Å². The average molecular weight is 532 g/mol. The Morgan fingerprint density at radius 3 is 2.21 bits per heavy atom. The van der Waals surface area contributed by atoms with Gasteiger partial charge in [0.2, 0.25) is 0 Å².